The molecule has 0 heterocycles. The van der Waals surface area contributed by atoms with Gasteiger partial charge in [-0.1, -0.05) is 50.5 Å². The normalized spacial score (nSPS) is 17.3. The summed E-state index contributed by atoms with van der Waals surface area (Å²) >= 11 is 0. The van der Waals surface area contributed by atoms with E-state index in [4.69, 9.17) is 0 Å². The molecule has 0 saturated heterocycles. The smallest absolute Gasteiger partial charge is 0.305 e. The zero-order valence-electron chi connectivity index (χ0n) is 15.9. The molecule has 0 spiro atoms. The highest BCUT2D eigenvalue weighted by atomic mass is 16.5. The molecule has 0 N–H and O–H groups in total. The molecule has 0 bridgehead atoms. The van der Waals surface area contributed by atoms with Crippen molar-refractivity contribution in [2.45, 2.75) is 84.5 Å². The highest BCUT2D eigenvalue weighted by Crippen LogP contribution is 2.23. The van der Waals surface area contributed by atoms with Crippen molar-refractivity contribution in [2.24, 2.45) is 5.92 Å². The monoisotopic (exact) mass is 336 g/mol. The van der Waals surface area contributed by atoms with Gasteiger partial charge < -0.3 is 4.74 Å². The van der Waals surface area contributed by atoms with Gasteiger partial charge in [0.05, 0.1) is 7.11 Å². The first kappa shape index (κ1) is 22.6. The molecule has 0 radical (unpaired) electrons. The number of methoxy groups -OCH3 is 1. The Hall–Kier alpha value is -1.38. The number of esters is 1. The quantitative estimate of drug-likeness (QED) is 0.288. The molecule has 0 amide bonds. The molecular formula is C21H36O3. The van der Waals surface area contributed by atoms with E-state index in [0.717, 1.165) is 32.1 Å². The lowest BCUT2D eigenvalue weighted by Crippen LogP contribution is -1.98. The molecule has 0 aromatic rings. The van der Waals surface area contributed by atoms with Crippen LogP contribution in [0.2, 0.25) is 0 Å². The molecule has 3 nitrogen and oxygen atoms in total. The summed E-state index contributed by atoms with van der Waals surface area (Å²) in [4.78, 5) is 21.5. The maximum atomic E-state index is 11.0. The van der Waals surface area contributed by atoms with Crippen molar-refractivity contribution in [1.82, 2.24) is 0 Å². The van der Waals surface area contributed by atoms with Crippen molar-refractivity contribution in [1.29, 1.82) is 0 Å². The number of hydrogen-bond donors (Lipinski definition) is 0. The van der Waals surface area contributed by atoms with Gasteiger partial charge in [0.25, 0.3) is 0 Å². The molecule has 1 aliphatic rings. The largest absolute Gasteiger partial charge is 0.469 e. The van der Waals surface area contributed by atoms with Crippen LogP contribution in [0.3, 0.4) is 0 Å². The number of ketones is 1. The Labute approximate surface area is 148 Å². The summed E-state index contributed by atoms with van der Waals surface area (Å²) in [6.07, 6.45) is 20.2. The van der Waals surface area contributed by atoms with Crippen LogP contribution in [0.4, 0.5) is 0 Å². The number of Topliss-reactive ketones (excluding diaryl/α,β-unsaturated/α-hetero) is 1. The number of carbonyl (C=O) groups excluding carboxylic acids is 2. The molecule has 3 heteroatoms. The van der Waals surface area contributed by atoms with Crippen molar-refractivity contribution in [3.8, 4) is 0 Å². The second kappa shape index (κ2) is 16.5. The predicted octanol–water partition coefficient (Wildman–Crippen LogP) is 5.79. The molecular weight excluding hydrogens is 300 g/mol. The summed E-state index contributed by atoms with van der Waals surface area (Å²) < 4.78 is 4.47. The highest BCUT2D eigenvalue weighted by Gasteiger charge is 2.18. The minimum atomic E-state index is -0.121. The van der Waals surface area contributed by atoms with Gasteiger partial charge in [0, 0.05) is 19.3 Å². The Balaban J connectivity index is 0.000000470. The van der Waals surface area contributed by atoms with Gasteiger partial charge >= 0.3 is 5.97 Å². The minimum Gasteiger partial charge on any atom is -0.469 e. The zero-order chi connectivity index (χ0) is 18.0. The Morgan fingerprint density at radius 2 is 1.92 bits per heavy atom. The van der Waals surface area contributed by atoms with Crippen LogP contribution in [0, 0.1) is 5.92 Å². The van der Waals surface area contributed by atoms with Crippen molar-refractivity contribution in [3.05, 3.63) is 24.3 Å². The Kier molecular flexibility index (Phi) is 15.5. The number of unbranched alkanes of at least 4 members (excludes halogenated alkanes) is 5. The lowest BCUT2D eigenvalue weighted by atomic mass is 10.1. The molecule has 1 aliphatic carbocycles. The first-order valence-electron chi connectivity index (χ1n) is 9.50. The van der Waals surface area contributed by atoms with Gasteiger partial charge in [-0.3, -0.25) is 9.59 Å². The van der Waals surface area contributed by atoms with Crippen LogP contribution in [0.25, 0.3) is 0 Å². The summed E-state index contributed by atoms with van der Waals surface area (Å²) in [5.41, 5.74) is 0. The van der Waals surface area contributed by atoms with E-state index in [1.165, 1.54) is 39.2 Å². The molecule has 24 heavy (non-hydrogen) atoms. The SMILES string of the molecule is C/C=C\CCCC(=O)OC.CCCCCC/C=C/C1CCC(=O)C1. The van der Waals surface area contributed by atoms with E-state index in [0.29, 0.717) is 18.1 Å². The second-order valence-corrected chi connectivity index (χ2v) is 6.36. The van der Waals surface area contributed by atoms with Gasteiger partial charge in [0.1, 0.15) is 5.78 Å². The maximum Gasteiger partial charge on any atom is 0.305 e. The first-order chi connectivity index (χ1) is 11.6. The third-order valence-corrected chi connectivity index (χ3v) is 4.13. The summed E-state index contributed by atoms with van der Waals surface area (Å²) in [6.45, 7) is 4.21. The molecule has 1 saturated carbocycles. The van der Waals surface area contributed by atoms with Gasteiger partial charge in [0.2, 0.25) is 0 Å². The van der Waals surface area contributed by atoms with Crippen LogP contribution >= 0.6 is 0 Å². The first-order valence-corrected chi connectivity index (χ1v) is 9.50. The van der Waals surface area contributed by atoms with Gasteiger partial charge in [-0.25, -0.2) is 0 Å². The number of carbonyl (C=O) groups is 2. The van der Waals surface area contributed by atoms with Gasteiger partial charge in [0.15, 0.2) is 0 Å². The second-order valence-electron chi connectivity index (χ2n) is 6.36. The molecule has 0 aliphatic heterocycles. The molecule has 138 valence electrons. The topological polar surface area (TPSA) is 43.4 Å². The third kappa shape index (κ3) is 14.2. The van der Waals surface area contributed by atoms with E-state index in [2.05, 4.69) is 23.8 Å². The minimum absolute atomic E-state index is 0.121. The van der Waals surface area contributed by atoms with E-state index >= 15 is 0 Å². The lowest BCUT2D eigenvalue weighted by molar-refractivity contribution is -0.140. The van der Waals surface area contributed by atoms with Crippen LogP contribution in [0.5, 0.6) is 0 Å². The fraction of sp³-hybridized carbons (Fsp3) is 0.714. The molecule has 1 fully saturated rings. The lowest BCUT2D eigenvalue weighted by Gasteiger charge is -1.99. The van der Waals surface area contributed by atoms with Crippen LogP contribution in [-0.2, 0) is 14.3 Å². The van der Waals surface area contributed by atoms with Crippen LogP contribution in [0.15, 0.2) is 24.3 Å². The summed E-state index contributed by atoms with van der Waals surface area (Å²) in [5, 5.41) is 0. The highest BCUT2D eigenvalue weighted by molar-refractivity contribution is 5.80. The average Bonchev–Trinajstić information content (AvgIpc) is 3.00. The third-order valence-electron chi connectivity index (χ3n) is 4.13. The molecule has 0 aromatic carbocycles. The standard InChI is InChI=1S/C13H22O.C8H14O2/c1-2-3-4-5-6-7-8-12-9-10-13(14)11-12;1-3-4-5-6-7-8(9)10-2/h7-8,12H,2-6,9-11H2,1H3;3-4H,5-7H2,1-2H3/b8-7+;4-3-. The number of allylic oxidation sites excluding steroid dienone is 4. The van der Waals surface area contributed by atoms with Crippen LogP contribution in [-0.4, -0.2) is 18.9 Å². The van der Waals surface area contributed by atoms with Crippen LogP contribution in [0.1, 0.15) is 84.5 Å². The molecule has 1 unspecified atom stereocenters. The number of ether oxygens (including phenoxy) is 1. The van der Waals surface area contributed by atoms with Crippen molar-refractivity contribution >= 4 is 11.8 Å². The fourth-order valence-corrected chi connectivity index (χ4v) is 2.62. The van der Waals surface area contributed by atoms with Crippen molar-refractivity contribution in [3.63, 3.8) is 0 Å². The summed E-state index contributed by atoms with van der Waals surface area (Å²) in [5.74, 6) is 0.892. The predicted molar refractivity (Wildman–Crippen MR) is 101 cm³/mol. The van der Waals surface area contributed by atoms with Gasteiger partial charge in [-0.15, -0.1) is 0 Å². The van der Waals surface area contributed by atoms with E-state index in [1.807, 2.05) is 19.1 Å². The number of hydrogen-bond acceptors (Lipinski definition) is 3. The van der Waals surface area contributed by atoms with E-state index in [9.17, 15) is 9.59 Å². The van der Waals surface area contributed by atoms with E-state index in [-0.39, 0.29) is 5.97 Å². The average molecular weight is 337 g/mol. The number of rotatable bonds is 10. The maximum absolute atomic E-state index is 11.0. The van der Waals surface area contributed by atoms with Crippen molar-refractivity contribution < 1.29 is 14.3 Å². The van der Waals surface area contributed by atoms with Gasteiger partial charge in [-0.05, 0) is 44.9 Å². The van der Waals surface area contributed by atoms with E-state index in [1.54, 1.807) is 0 Å². The fourth-order valence-electron chi connectivity index (χ4n) is 2.62. The van der Waals surface area contributed by atoms with E-state index < -0.39 is 0 Å². The molecule has 1 rings (SSSR count). The summed E-state index contributed by atoms with van der Waals surface area (Å²) in [6, 6.07) is 0. The molecule has 1 atom stereocenters. The zero-order valence-corrected chi connectivity index (χ0v) is 15.9. The van der Waals surface area contributed by atoms with Gasteiger partial charge in [-0.2, -0.15) is 0 Å². The van der Waals surface area contributed by atoms with Crippen molar-refractivity contribution in [2.75, 3.05) is 7.11 Å². The molecule has 0 aromatic heterocycles. The summed E-state index contributed by atoms with van der Waals surface area (Å²) in [7, 11) is 1.41. The Bertz CT molecular complexity index is 383. The Morgan fingerprint density at radius 1 is 1.17 bits per heavy atom. The Morgan fingerprint density at radius 3 is 2.50 bits per heavy atom. The van der Waals surface area contributed by atoms with Crippen LogP contribution < -0.4 is 0 Å².